The summed E-state index contributed by atoms with van der Waals surface area (Å²) in [5.74, 6) is -0.351. The van der Waals surface area contributed by atoms with Gasteiger partial charge < -0.3 is 5.32 Å². The van der Waals surface area contributed by atoms with Gasteiger partial charge in [0.25, 0.3) is 0 Å². The average molecular weight is 188 g/mol. The lowest BCUT2D eigenvalue weighted by atomic mass is 9.79. The van der Waals surface area contributed by atoms with Crippen molar-refractivity contribution in [3.63, 3.8) is 0 Å². The second-order valence-electron chi connectivity index (χ2n) is 4.64. The van der Waals surface area contributed by atoms with Gasteiger partial charge in [0.1, 0.15) is 0 Å². The van der Waals surface area contributed by atoms with Crippen molar-refractivity contribution in [2.75, 3.05) is 7.05 Å². The van der Waals surface area contributed by atoms with Crippen LogP contribution < -0.4 is 10.8 Å². The number of hydrogen-bond acceptors (Lipinski definition) is 3. The molecule has 0 aliphatic carbocycles. The van der Waals surface area contributed by atoms with Gasteiger partial charge in [0, 0.05) is 11.0 Å². The average Bonchev–Trinajstić information content (AvgIpc) is 2.01. The summed E-state index contributed by atoms with van der Waals surface area (Å²) in [5.41, 5.74) is 1.00. The molecule has 13 heavy (non-hydrogen) atoms. The quantitative estimate of drug-likeness (QED) is 0.454. The fraction of sp³-hybridized carbons (Fsp3) is 0.889. The van der Waals surface area contributed by atoms with Crippen LogP contribution in [-0.4, -0.2) is 23.7 Å². The Bertz CT molecular complexity index is 188. The van der Waals surface area contributed by atoms with E-state index in [-0.39, 0.29) is 11.4 Å². The molecule has 1 amide bonds. The van der Waals surface area contributed by atoms with E-state index in [9.17, 15) is 4.79 Å². The van der Waals surface area contributed by atoms with Crippen LogP contribution in [0, 0.1) is 5.41 Å². The molecule has 0 aromatic carbocycles. The van der Waals surface area contributed by atoms with Gasteiger partial charge in [-0.25, -0.2) is 5.48 Å². The van der Waals surface area contributed by atoms with E-state index in [2.05, 4.69) is 5.32 Å². The fourth-order valence-electron chi connectivity index (χ4n) is 1.42. The normalized spacial score (nSPS) is 12.8. The van der Waals surface area contributed by atoms with Crippen LogP contribution in [-0.2, 0) is 4.79 Å². The number of rotatable bonds is 4. The molecule has 0 radical (unpaired) electrons. The highest BCUT2D eigenvalue weighted by atomic mass is 16.5. The van der Waals surface area contributed by atoms with E-state index >= 15 is 0 Å². The molecule has 0 aliphatic rings. The third-order valence-corrected chi connectivity index (χ3v) is 2.28. The Balaban J connectivity index is 4.41. The van der Waals surface area contributed by atoms with Crippen molar-refractivity contribution in [2.24, 2.45) is 5.41 Å². The second kappa shape index (κ2) is 4.07. The van der Waals surface area contributed by atoms with E-state index in [0.29, 0.717) is 6.42 Å². The Morgan fingerprint density at radius 3 is 2.08 bits per heavy atom. The van der Waals surface area contributed by atoms with Crippen molar-refractivity contribution in [3.8, 4) is 0 Å². The summed E-state index contributed by atoms with van der Waals surface area (Å²) in [4.78, 5) is 11.2. The molecule has 0 bridgehead atoms. The van der Waals surface area contributed by atoms with Gasteiger partial charge in [0.2, 0.25) is 5.91 Å². The third-order valence-electron chi connectivity index (χ3n) is 2.28. The summed E-state index contributed by atoms with van der Waals surface area (Å²) in [7, 11) is 1.85. The minimum absolute atomic E-state index is 0.115. The highest BCUT2D eigenvalue weighted by Gasteiger charge is 2.33. The number of carbonyl (C=O) groups excluding carboxylic acids is 1. The van der Waals surface area contributed by atoms with Crippen molar-refractivity contribution in [1.29, 1.82) is 0 Å². The monoisotopic (exact) mass is 188 g/mol. The summed E-state index contributed by atoms with van der Waals surface area (Å²) in [6, 6.07) is 0. The third kappa shape index (κ3) is 3.74. The molecule has 4 heteroatoms. The van der Waals surface area contributed by atoms with Gasteiger partial charge >= 0.3 is 0 Å². The lowest BCUT2D eigenvalue weighted by Gasteiger charge is -2.33. The van der Waals surface area contributed by atoms with Gasteiger partial charge in [-0.1, -0.05) is 13.8 Å². The maximum Gasteiger partial charge on any atom is 0.249 e. The van der Waals surface area contributed by atoms with Crippen molar-refractivity contribution < 1.29 is 10.0 Å². The van der Waals surface area contributed by atoms with Crippen molar-refractivity contribution >= 4 is 5.91 Å². The molecule has 0 fully saturated rings. The van der Waals surface area contributed by atoms with E-state index in [1.807, 2.05) is 20.9 Å². The van der Waals surface area contributed by atoms with Crippen molar-refractivity contribution in [2.45, 2.75) is 39.7 Å². The Labute approximate surface area is 79.7 Å². The topological polar surface area (TPSA) is 61.4 Å². The Morgan fingerprint density at radius 2 is 1.77 bits per heavy atom. The SMILES string of the molecule is CNC(C)(C)CC(C)(C)C(=O)NO. The molecule has 78 valence electrons. The predicted octanol–water partition coefficient (Wildman–Crippen LogP) is 0.906. The first-order chi connectivity index (χ1) is 5.75. The molecule has 0 aromatic heterocycles. The molecule has 0 atom stereocenters. The second-order valence-corrected chi connectivity index (χ2v) is 4.64. The number of hydroxylamine groups is 1. The molecule has 0 unspecified atom stereocenters. The smallest absolute Gasteiger partial charge is 0.249 e. The first-order valence-electron chi connectivity index (χ1n) is 4.38. The predicted molar refractivity (Wildman–Crippen MR) is 51.5 cm³/mol. The standard InChI is InChI=1S/C9H20N2O2/c1-8(2,7(12)11-13)6-9(3,4)10-5/h10,13H,6H2,1-5H3,(H,11,12). The number of nitrogens with one attached hydrogen (secondary N) is 2. The zero-order chi connectivity index (χ0) is 10.7. The summed E-state index contributed by atoms with van der Waals surface area (Å²) < 4.78 is 0. The van der Waals surface area contributed by atoms with Crippen LogP contribution in [0.2, 0.25) is 0 Å². The highest BCUT2D eigenvalue weighted by Crippen LogP contribution is 2.27. The van der Waals surface area contributed by atoms with Crippen molar-refractivity contribution in [3.05, 3.63) is 0 Å². The van der Waals surface area contributed by atoms with Gasteiger partial charge in [-0.2, -0.15) is 0 Å². The van der Waals surface area contributed by atoms with Gasteiger partial charge in [0.05, 0.1) is 0 Å². The maximum atomic E-state index is 11.2. The van der Waals surface area contributed by atoms with Crippen LogP contribution in [0.15, 0.2) is 0 Å². The van der Waals surface area contributed by atoms with Gasteiger partial charge in [-0.15, -0.1) is 0 Å². The number of carbonyl (C=O) groups is 1. The van der Waals surface area contributed by atoms with Crippen molar-refractivity contribution in [1.82, 2.24) is 10.8 Å². The number of amides is 1. The van der Waals surface area contributed by atoms with Crippen LogP contribution in [0.4, 0.5) is 0 Å². The molecule has 4 nitrogen and oxygen atoms in total. The minimum Gasteiger partial charge on any atom is -0.315 e. The van der Waals surface area contributed by atoms with E-state index in [1.165, 1.54) is 0 Å². The molecule has 0 aliphatic heterocycles. The largest absolute Gasteiger partial charge is 0.315 e. The molecular formula is C9H20N2O2. The van der Waals surface area contributed by atoms with Crippen LogP contribution in [0.1, 0.15) is 34.1 Å². The molecule has 0 saturated heterocycles. The summed E-state index contributed by atoms with van der Waals surface area (Å²) in [5, 5.41) is 11.6. The van der Waals surface area contributed by atoms with E-state index in [0.717, 1.165) is 0 Å². The van der Waals surface area contributed by atoms with Crippen LogP contribution >= 0.6 is 0 Å². The maximum absolute atomic E-state index is 11.2. The Hall–Kier alpha value is -0.610. The zero-order valence-corrected chi connectivity index (χ0v) is 9.06. The first-order valence-corrected chi connectivity index (χ1v) is 4.38. The van der Waals surface area contributed by atoms with E-state index in [1.54, 1.807) is 19.3 Å². The lowest BCUT2D eigenvalue weighted by Crippen LogP contribution is -2.45. The van der Waals surface area contributed by atoms with Gasteiger partial charge in [-0.05, 0) is 27.3 Å². The Kier molecular flexibility index (Phi) is 3.88. The molecule has 0 saturated carbocycles. The summed E-state index contributed by atoms with van der Waals surface area (Å²) in [6.45, 7) is 7.63. The van der Waals surface area contributed by atoms with Crippen LogP contribution in [0.25, 0.3) is 0 Å². The van der Waals surface area contributed by atoms with E-state index in [4.69, 9.17) is 5.21 Å². The first kappa shape index (κ1) is 12.4. The highest BCUT2D eigenvalue weighted by molar-refractivity contribution is 5.80. The fourth-order valence-corrected chi connectivity index (χ4v) is 1.42. The van der Waals surface area contributed by atoms with Gasteiger partial charge in [0.15, 0.2) is 0 Å². The van der Waals surface area contributed by atoms with Crippen LogP contribution in [0.3, 0.4) is 0 Å². The van der Waals surface area contributed by atoms with Gasteiger partial charge in [-0.3, -0.25) is 10.0 Å². The molecule has 0 aromatic rings. The summed E-state index contributed by atoms with van der Waals surface area (Å²) >= 11 is 0. The Morgan fingerprint density at radius 1 is 1.31 bits per heavy atom. The number of hydrogen-bond donors (Lipinski definition) is 3. The molecule has 0 heterocycles. The zero-order valence-electron chi connectivity index (χ0n) is 9.06. The van der Waals surface area contributed by atoms with E-state index < -0.39 is 5.41 Å². The molecule has 3 N–H and O–H groups in total. The molecule has 0 rings (SSSR count). The summed E-state index contributed by atoms with van der Waals surface area (Å²) in [6.07, 6.45) is 0.656. The molecular weight excluding hydrogens is 168 g/mol. The molecule has 0 spiro atoms. The lowest BCUT2D eigenvalue weighted by molar-refractivity contribution is -0.139. The van der Waals surface area contributed by atoms with Crippen LogP contribution in [0.5, 0.6) is 0 Å². The minimum atomic E-state index is -0.568.